The van der Waals surface area contributed by atoms with E-state index in [4.69, 9.17) is 19.4 Å². The summed E-state index contributed by atoms with van der Waals surface area (Å²) in [5, 5.41) is 11.5. The van der Waals surface area contributed by atoms with Gasteiger partial charge in [-0.25, -0.2) is 15.0 Å². The summed E-state index contributed by atoms with van der Waals surface area (Å²) < 4.78 is 11.8. The maximum absolute atomic E-state index is 7.02. The lowest BCUT2D eigenvalue weighted by molar-refractivity contribution is 0.666. The number of furan rings is 1. The average molecular weight is 830 g/mol. The number of nitrogens with zero attached hydrogens (tertiary/aromatic N) is 5. The van der Waals surface area contributed by atoms with Crippen LogP contribution in [0.25, 0.3) is 133 Å². The van der Waals surface area contributed by atoms with Crippen LogP contribution in [0.3, 0.4) is 0 Å². The van der Waals surface area contributed by atoms with Crippen LogP contribution >= 0.6 is 0 Å². The van der Waals surface area contributed by atoms with E-state index in [0.29, 0.717) is 17.5 Å². The van der Waals surface area contributed by atoms with Gasteiger partial charge in [-0.15, -0.1) is 0 Å². The lowest BCUT2D eigenvalue weighted by Crippen LogP contribution is -2.00. The molecule has 65 heavy (non-hydrogen) atoms. The molecule has 6 heteroatoms. The Labute approximate surface area is 371 Å². The maximum atomic E-state index is 7.02. The Kier molecular flexibility index (Phi) is 7.59. The molecule has 0 bridgehead atoms. The standard InChI is InChI=1S/C59H35N5O/c1-2-17-43(18-3-1)63-50-22-10-8-19-44(50)48-34-49-45-20-9-11-23-51(45)64(54(49)35-53(48)63)52-24-12-21-47-46-30-29-42(33-55(46)65-56(47)52)59-61-57(40-27-25-36-13-4-6-15-38(36)31-40)60-58(62-59)41-28-26-37-14-5-7-16-39(37)32-41/h1-35H. The Balaban J connectivity index is 0.969. The largest absolute Gasteiger partial charge is 0.454 e. The Morgan fingerprint density at radius 2 is 0.815 bits per heavy atom. The highest BCUT2D eigenvalue weighted by atomic mass is 16.3. The second-order valence-corrected chi connectivity index (χ2v) is 16.8. The summed E-state index contributed by atoms with van der Waals surface area (Å²) in [7, 11) is 0. The number of benzene rings is 10. The molecule has 0 N–H and O–H groups in total. The molecular formula is C59H35N5O. The van der Waals surface area contributed by atoms with Crippen LogP contribution in [0.1, 0.15) is 0 Å². The van der Waals surface area contributed by atoms with Gasteiger partial charge >= 0.3 is 0 Å². The van der Waals surface area contributed by atoms with Crippen molar-refractivity contribution in [2.24, 2.45) is 0 Å². The van der Waals surface area contributed by atoms with Crippen molar-refractivity contribution in [3.8, 4) is 45.5 Å². The topological polar surface area (TPSA) is 61.7 Å². The lowest BCUT2D eigenvalue weighted by Gasteiger charge is -2.10. The first-order chi connectivity index (χ1) is 32.2. The molecule has 0 spiro atoms. The smallest absolute Gasteiger partial charge is 0.164 e. The quantitative estimate of drug-likeness (QED) is 0.173. The molecule has 0 unspecified atom stereocenters. The van der Waals surface area contributed by atoms with Crippen molar-refractivity contribution >= 4 is 87.1 Å². The van der Waals surface area contributed by atoms with Crippen LogP contribution in [0.2, 0.25) is 0 Å². The van der Waals surface area contributed by atoms with Crippen molar-refractivity contribution < 1.29 is 4.42 Å². The van der Waals surface area contributed by atoms with Gasteiger partial charge in [0.15, 0.2) is 23.1 Å². The van der Waals surface area contributed by atoms with Gasteiger partial charge in [0.25, 0.3) is 0 Å². The van der Waals surface area contributed by atoms with E-state index in [2.05, 4.69) is 221 Å². The van der Waals surface area contributed by atoms with Gasteiger partial charge in [0.05, 0.1) is 27.8 Å². The summed E-state index contributed by atoms with van der Waals surface area (Å²) in [5.74, 6) is 1.81. The van der Waals surface area contributed by atoms with Crippen LogP contribution in [0.4, 0.5) is 0 Å². The van der Waals surface area contributed by atoms with Crippen molar-refractivity contribution in [1.82, 2.24) is 24.1 Å². The molecule has 0 amide bonds. The highest BCUT2D eigenvalue weighted by molar-refractivity contribution is 6.20. The molecular weight excluding hydrogens is 795 g/mol. The van der Waals surface area contributed by atoms with Gasteiger partial charge in [0.2, 0.25) is 0 Å². The molecule has 14 aromatic rings. The molecule has 0 aliphatic heterocycles. The summed E-state index contributed by atoms with van der Waals surface area (Å²) in [6.07, 6.45) is 0. The molecule has 0 aliphatic rings. The first-order valence-corrected chi connectivity index (χ1v) is 21.9. The normalized spacial score (nSPS) is 12.0. The molecule has 4 heterocycles. The number of rotatable bonds is 5. The molecule has 0 saturated carbocycles. The van der Waals surface area contributed by atoms with Gasteiger partial charge in [-0.05, 0) is 88.3 Å². The van der Waals surface area contributed by atoms with Crippen molar-refractivity contribution in [3.63, 3.8) is 0 Å². The van der Waals surface area contributed by atoms with Crippen LogP contribution in [-0.4, -0.2) is 24.1 Å². The molecule has 14 rings (SSSR count). The predicted octanol–water partition coefficient (Wildman–Crippen LogP) is 15.3. The summed E-state index contributed by atoms with van der Waals surface area (Å²) in [4.78, 5) is 15.4. The fourth-order valence-electron chi connectivity index (χ4n) is 10.1. The number of fused-ring (bicyclic) bond motifs is 11. The molecule has 4 aromatic heterocycles. The Morgan fingerprint density at radius 1 is 0.308 bits per heavy atom. The maximum Gasteiger partial charge on any atom is 0.164 e. The van der Waals surface area contributed by atoms with Crippen molar-refractivity contribution in [2.75, 3.05) is 0 Å². The van der Waals surface area contributed by atoms with E-state index in [9.17, 15) is 0 Å². The molecule has 0 radical (unpaired) electrons. The van der Waals surface area contributed by atoms with E-state index >= 15 is 0 Å². The van der Waals surface area contributed by atoms with Gasteiger partial charge in [-0.1, -0.05) is 146 Å². The van der Waals surface area contributed by atoms with Gasteiger partial charge in [-0.2, -0.15) is 0 Å². The van der Waals surface area contributed by atoms with Crippen LogP contribution in [0.5, 0.6) is 0 Å². The van der Waals surface area contributed by atoms with Crippen LogP contribution < -0.4 is 0 Å². The molecule has 10 aromatic carbocycles. The van der Waals surface area contributed by atoms with E-state index in [1.165, 1.54) is 37.8 Å². The third-order valence-corrected chi connectivity index (χ3v) is 13.1. The molecule has 6 nitrogen and oxygen atoms in total. The number of hydrogen-bond acceptors (Lipinski definition) is 4. The minimum atomic E-state index is 0.578. The highest BCUT2D eigenvalue weighted by Gasteiger charge is 2.22. The zero-order valence-corrected chi connectivity index (χ0v) is 34.9. The van der Waals surface area contributed by atoms with Crippen molar-refractivity contribution in [3.05, 3.63) is 212 Å². The summed E-state index contributed by atoms with van der Waals surface area (Å²) in [6, 6.07) is 75.1. The third kappa shape index (κ3) is 5.51. The van der Waals surface area contributed by atoms with Gasteiger partial charge in [-0.3, -0.25) is 0 Å². The van der Waals surface area contributed by atoms with Crippen LogP contribution in [0, 0.1) is 0 Å². The fourth-order valence-corrected chi connectivity index (χ4v) is 10.1. The van der Waals surface area contributed by atoms with Crippen LogP contribution in [0.15, 0.2) is 217 Å². The molecule has 0 fully saturated rings. The van der Waals surface area contributed by atoms with Gasteiger partial charge in [0.1, 0.15) is 5.58 Å². The number of aromatic nitrogens is 5. The summed E-state index contributed by atoms with van der Waals surface area (Å²) in [5.41, 5.74) is 10.9. The Bertz CT molecular complexity index is 4160. The van der Waals surface area contributed by atoms with Crippen molar-refractivity contribution in [1.29, 1.82) is 0 Å². The van der Waals surface area contributed by atoms with Gasteiger partial charge < -0.3 is 13.6 Å². The molecule has 0 atom stereocenters. The van der Waals surface area contributed by atoms with Crippen molar-refractivity contribution in [2.45, 2.75) is 0 Å². The number of hydrogen-bond donors (Lipinski definition) is 0. The second-order valence-electron chi connectivity index (χ2n) is 16.8. The Morgan fingerprint density at radius 3 is 1.46 bits per heavy atom. The first kappa shape index (κ1) is 35.7. The van der Waals surface area contributed by atoms with Gasteiger partial charge in [0, 0.05) is 54.7 Å². The molecule has 0 aliphatic carbocycles. The van der Waals surface area contributed by atoms with E-state index in [1.807, 2.05) is 0 Å². The Hall–Kier alpha value is -8.87. The monoisotopic (exact) mass is 829 g/mol. The first-order valence-electron chi connectivity index (χ1n) is 21.9. The minimum absolute atomic E-state index is 0.578. The highest BCUT2D eigenvalue weighted by Crippen LogP contribution is 2.42. The zero-order valence-electron chi connectivity index (χ0n) is 34.9. The van der Waals surface area contributed by atoms with Crippen LogP contribution in [-0.2, 0) is 0 Å². The van der Waals surface area contributed by atoms with E-state index in [-0.39, 0.29) is 0 Å². The minimum Gasteiger partial charge on any atom is -0.454 e. The molecule has 0 saturated heterocycles. The van der Waals surface area contributed by atoms with E-state index < -0.39 is 0 Å². The summed E-state index contributed by atoms with van der Waals surface area (Å²) in [6.45, 7) is 0. The summed E-state index contributed by atoms with van der Waals surface area (Å²) >= 11 is 0. The zero-order chi connectivity index (χ0) is 42.6. The predicted molar refractivity (Wildman–Crippen MR) is 267 cm³/mol. The SMILES string of the molecule is c1ccc(-n2c3ccccc3c3cc4c5ccccc5n(-c5cccc6c5oc5cc(-c7nc(-c8ccc9ccccc9c8)nc(-c8ccc9ccccc9c8)n7)ccc56)c4cc32)cc1. The third-order valence-electron chi connectivity index (χ3n) is 13.1. The number of para-hydroxylation sites is 4. The van der Waals surface area contributed by atoms with E-state index in [1.54, 1.807) is 0 Å². The lowest BCUT2D eigenvalue weighted by atomic mass is 10.1. The fraction of sp³-hybridized carbons (Fsp3) is 0. The average Bonchev–Trinajstić information content (AvgIpc) is 4.02. The van der Waals surface area contributed by atoms with E-state index in [0.717, 1.165) is 77.3 Å². The second kappa shape index (κ2) is 13.8. The molecule has 302 valence electrons.